The van der Waals surface area contributed by atoms with Crippen molar-refractivity contribution < 1.29 is 38.6 Å². The third kappa shape index (κ3) is 11.9. The highest BCUT2D eigenvalue weighted by Gasteiger charge is 2.44. The van der Waals surface area contributed by atoms with E-state index in [1.165, 1.54) is 4.90 Å². The Hall–Kier alpha value is -6.35. The zero-order valence-corrected chi connectivity index (χ0v) is 44.2. The van der Waals surface area contributed by atoms with E-state index in [2.05, 4.69) is 40.4 Å². The first-order valence-electron chi connectivity index (χ1n) is 26.7. The molecule has 3 amide bonds. The van der Waals surface area contributed by atoms with Crippen LogP contribution in [0.1, 0.15) is 94.7 Å². The molecule has 400 valence electrons. The number of likely N-dealkylation sites (tertiary alicyclic amines) is 2. The van der Waals surface area contributed by atoms with Crippen LogP contribution in [0, 0.1) is 18.8 Å². The maximum Gasteiger partial charge on any atom is 0.410 e. The number of nitrogens with zero attached hydrogens (tertiary/aromatic N) is 9. The van der Waals surface area contributed by atoms with Gasteiger partial charge in [-0.15, -0.1) is 21.5 Å². The van der Waals surface area contributed by atoms with Gasteiger partial charge in [-0.1, -0.05) is 55.4 Å². The van der Waals surface area contributed by atoms with Gasteiger partial charge in [-0.25, -0.2) is 9.78 Å². The molecule has 4 aliphatic heterocycles. The SMILES string of the molecule is Cc1ncsc1-c1ccc([C@H](C)NC(=O)[C@H]2C[C@@H](O)CN2C(=O)[C@@H](c2cc(N3CCC(CN4CCC(OC5CC(OC(=O)N6CCN(c7cc(-c8ccccc8O)nnc7N)CC6)C5)CC4)CC3)no2)C(C)C)cc1. The van der Waals surface area contributed by atoms with Crippen molar-refractivity contribution in [3.63, 3.8) is 0 Å². The monoisotopic (exact) mass is 1050 g/mol. The molecular formula is C55H71N11O8S. The first-order chi connectivity index (χ1) is 36.2. The van der Waals surface area contributed by atoms with E-state index in [9.17, 15) is 24.6 Å². The number of hydrogen-bond acceptors (Lipinski definition) is 17. The van der Waals surface area contributed by atoms with Crippen molar-refractivity contribution in [3.8, 4) is 27.4 Å². The van der Waals surface area contributed by atoms with E-state index in [1.807, 2.05) is 75.7 Å². The second-order valence-corrected chi connectivity index (χ2v) is 22.3. The second kappa shape index (κ2) is 22.9. The molecule has 1 saturated carbocycles. The molecular weight excluding hydrogens is 975 g/mol. The van der Waals surface area contributed by atoms with E-state index < -0.39 is 18.1 Å². The number of aliphatic hydroxyl groups is 1. The van der Waals surface area contributed by atoms with Crippen molar-refractivity contribution >= 4 is 46.6 Å². The summed E-state index contributed by atoms with van der Waals surface area (Å²) in [6.45, 7) is 14.8. The van der Waals surface area contributed by atoms with Crippen molar-refractivity contribution in [1.82, 2.24) is 40.4 Å². The number of aryl methyl sites for hydroxylation is 1. The zero-order chi connectivity index (χ0) is 52.3. The van der Waals surface area contributed by atoms with Crippen molar-refractivity contribution in [2.75, 3.05) is 81.0 Å². The summed E-state index contributed by atoms with van der Waals surface area (Å²) in [4.78, 5) is 56.9. The van der Waals surface area contributed by atoms with Gasteiger partial charge >= 0.3 is 6.09 Å². The maximum absolute atomic E-state index is 14.4. The van der Waals surface area contributed by atoms with E-state index >= 15 is 0 Å². The number of nitrogen functional groups attached to an aromatic ring is 1. The molecule has 19 nitrogen and oxygen atoms in total. The number of β-amino-alcohol motifs (C(OH)–C–C–N with tert-alkyl or cyclic N) is 1. The molecule has 2 aromatic carbocycles. The molecule has 10 rings (SSSR count). The van der Waals surface area contributed by atoms with Gasteiger partial charge in [-0.3, -0.25) is 9.59 Å². The number of hydrogen-bond donors (Lipinski definition) is 4. The number of carbonyl (C=O) groups excluding carboxylic acids is 3. The minimum atomic E-state index is -0.808. The van der Waals surface area contributed by atoms with E-state index in [4.69, 9.17) is 19.7 Å². The van der Waals surface area contributed by atoms with E-state index in [0.29, 0.717) is 67.8 Å². The Bertz CT molecular complexity index is 2760. The third-order valence-corrected chi connectivity index (χ3v) is 16.9. The quantitative estimate of drug-likeness (QED) is 0.0864. The number of aromatic nitrogens is 4. The van der Waals surface area contributed by atoms with Gasteiger partial charge in [0.1, 0.15) is 23.8 Å². The molecule has 0 radical (unpaired) electrons. The van der Waals surface area contributed by atoms with Gasteiger partial charge in [0.25, 0.3) is 0 Å². The normalized spacial score (nSPS) is 22.8. The molecule has 0 bridgehead atoms. The van der Waals surface area contributed by atoms with Gasteiger partial charge in [-0.2, -0.15) is 0 Å². The van der Waals surface area contributed by atoms with Crippen LogP contribution in [0.5, 0.6) is 5.75 Å². The number of nitrogens with two attached hydrogens (primary N) is 1. The highest BCUT2D eigenvalue weighted by Crippen LogP contribution is 2.37. The summed E-state index contributed by atoms with van der Waals surface area (Å²) in [6.07, 6.45) is 4.68. The number of thiazole rings is 1. The molecule has 5 aromatic rings. The summed E-state index contributed by atoms with van der Waals surface area (Å²) in [6, 6.07) is 17.7. The molecule has 0 unspecified atom stereocenters. The number of para-hydroxylation sites is 1. The number of anilines is 3. The van der Waals surface area contributed by atoms with E-state index in [1.54, 1.807) is 34.4 Å². The Morgan fingerprint density at radius 2 is 1.60 bits per heavy atom. The Kier molecular flexibility index (Phi) is 15.9. The van der Waals surface area contributed by atoms with E-state index in [0.717, 1.165) is 91.6 Å². The van der Waals surface area contributed by atoms with Crippen LogP contribution in [0.3, 0.4) is 0 Å². The Morgan fingerprint density at radius 1 is 0.867 bits per heavy atom. The Labute approximate surface area is 442 Å². The fourth-order valence-corrected chi connectivity index (χ4v) is 12.2. The maximum atomic E-state index is 14.4. The lowest BCUT2D eigenvalue weighted by atomic mass is 9.91. The minimum absolute atomic E-state index is 0.0773. The number of piperazine rings is 1. The fraction of sp³-hybridized carbons (Fsp3) is 0.545. The summed E-state index contributed by atoms with van der Waals surface area (Å²) < 4.78 is 18.3. The molecule has 75 heavy (non-hydrogen) atoms. The van der Waals surface area contributed by atoms with Crippen LogP contribution in [0.25, 0.3) is 21.7 Å². The lowest BCUT2D eigenvalue weighted by molar-refractivity contribution is -0.141. The highest BCUT2D eigenvalue weighted by atomic mass is 32.1. The molecule has 20 heteroatoms. The lowest BCUT2D eigenvalue weighted by Gasteiger charge is -2.41. The highest BCUT2D eigenvalue weighted by molar-refractivity contribution is 7.13. The predicted octanol–water partition coefficient (Wildman–Crippen LogP) is 6.62. The minimum Gasteiger partial charge on any atom is -0.507 e. The summed E-state index contributed by atoms with van der Waals surface area (Å²) in [5.74, 6) is 0.841. The number of phenols is 1. The summed E-state index contributed by atoms with van der Waals surface area (Å²) in [5.41, 5.74) is 12.9. The average molecular weight is 1050 g/mol. The summed E-state index contributed by atoms with van der Waals surface area (Å²) in [5, 5.41) is 37.0. The number of carbonyl (C=O) groups is 3. The first kappa shape index (κ1) is 52.1. The van der Waals surface area contributed by atoms with Gasteiger partial charge in [0, 0.05) is 96.3 Å². The third-order valence-electron chi connectivity index (χ3n) is 16.0. The number of aromatic hydroxyl groups is 1. The molecule has 4 saturated heterocycles. The molecule has 5 aliphatic rings. The average Bonchev–Trinajstić information content (AvgIpc) is 4.17. The van der Waals surface area contributed by atoms with Crippen molar-refractivity contribution in [1.29, 1.82) is 0 Å². The zero-order valence-electron chi connectivity index (χ0n) is 43.4. The van der Waals surface area contributed by atoms with Crippen molar-refractivity contribution in [2.24, 2.45) is 11.8 Å². The number of nitrogens with one attached hydrogen (secondary N) is 1. The van der Waals surface area contributed by atoms with Gasteiger partial charge in [0.2, 0.25) is 11.8 Å². The Balaban J connectivity index is 0.624. The molecule has 5 N–H and O–H groups in total. The predicted molar refractivity (Wildman–Crippen MR) is 285 cm³/mol. The van der Waals surface area contributed by atoms with Crippen LogP contribution in [0.15, 0.2) is 70.7 Å². The molecule has 1 aliphatic carbocycles. The number of benzene rings is 2. The molecule has 3 aromatic heterocycles. The molecule has 5 fully saturated rings. The van der Waals surface area contributed by atoms with Crippen LogP contribution in [-0.2, 0) is 19.1 Å². The molecule has 0 spiro atoms. The largest absolute Gasteiger partial charge is 0.507 e. The number of rotatable bonds is 15. The van der Waals surface area contributed by atoms with Crippen LogP contribution >= 0.6 is 11.3 Å². The summed E-state index contributed by atoms with van der Waals surface area (Å²) in [7, 11) is 0. The molecule has 7 heterocycles. The number of aliphatic hydroxyl groups excluding tert-OH is 1. The lowest BCUT2D eigenvalue weighted by Crippen LogP contribution is -2.51. The first-order valence-corrected chi connectivity index (χ1v) is 27.6. The van der Waals surface area contributed by atoms with Crippen molar-refractivity contribution in [3.05, 3.63) is 83.2 Å². The van der Waals surface area contributed by atoms with Gasteiger partial charge in [-0.05, 0) is 80.7 Å². The van der Waals surface area contributed by atoms with Gasteiger partial charge in [0.15, 0.2) is 17.4 Å². The number of piperidine rings is 2. The second-order valence-electron chi connectivity index (χ2n) is 21.5. The standard InChI is InChI=1S/C55H71N11O8S/c1-33(2)50(54(70)66-31-39(67)25-46(66)53(69)58-34(3)37-9-11-38(12-10-37)51-35(4)57-32-75-51)48-29-49(61-74-48)64-19-13-36(14-20-64)30-62-17-15-40(16-18-62)72-41-26-42(27-41)73-55(71)65-23-21-63(22-24-65)45-28-44(59-60-52(45)56)43-7-5-6-8-47(43)68/h5-12,28-29,32-34,36,39-42,46,50,67-68H,13-27,30-31H2,1-4H3,(H2,56,60)(H,58,69)/t34-,39+,41?,42?,46+,50+/m0/s1. The van der Waals surface area contributed by atoms with Crippen LogP contribution < -0.4 is 20.9 Å². The van der Waals surface area contributed by atoms with Gasteiger partial charge < -0.3 is 59.8 Å². The Morgan fingerprint density at radius 3 is 2.29 bits per heavy atom. The number of amides is 3. The smallest absolute Gasteiger partial charge is 0.410 e. The number of ether oxygens (including phenoxy) is 2. The van der Waals surface area contributed by atoms with Gasteiger partial charge in [0.05, 0.1) is 51.8 Å². The topological polar surface area (TPSA) is 229 Å². The van der Waals surface area contributed by atoms with E-state index in [-0.39, 0.29) is 66.9 Å². The fourth-order valence-electron chi connectivity index (χ4n) is 11.4. The van der Waals surface area contributed by atoms with Crippen LogP contribution in [0.2, 0.25) is 0 Å². The van der Waals surface area contributed by atoms with Crippen LogP contribution in [0.4, 0.5) is 22.1 Å². The summed E-state index contributed by atoms with van der Waals surface area (Å²) >= 11 is 1.60. The van der Waals surface area contributed by atoms with Crippen molar-refractivity contribution in [2.45, 2.75) is 115 Å². The van der Waals surface area contributed by atoms with Crippen LogP contribution in [-0.4, -0.2) is 159 Å². The number of phenolic OH excluding ortho intramolecular Hbond substituents is 1. The molecule has 4 atom stereocenters.